The highest BCUT2D eigenvalue weighted by Crippen LogP contribution is 2.16. The van der Waals surface area contributed by atoms with Crippen LogP contribution in [0.4, 0.5) is 8.78 Å². The molecule has 0 aliphatic heterocycles. The van der Waals surface area contributed by atoms with Crippen molar-refractivity contribution in [2.75, 3.05) is 6.54 Å². The molecule has 0 spiro atoms. The molecule has 0 saturated heterocycles. The van der Waals surface area contributed by atoms with Gasteiger partial charge >= 0.3 is 0 Å². The van der Waals surface area contributed by atoms with Crippen LogP contribution in [-0.4, -0.2) is 12.6 Å². The number of rotatable bonds is 9. The fourth-order valence-corrected chi connectivity index (χ4v) is 2.34. The maximum atomic E-state index is 13.5. The first kappa shape index (κ1) is 16.1. The van der Waals surface area contributed by atoms with Crippen molar-refractivity contribution in [1.29, 1.82) is 0 Å². The average Bonchev–Trinajstić information content (AvgIpc) is 2.39. The van der Waals surface area contributed by atoms with Crippen LogP contribution in [0.2, 0.25) is 0 Å². The minimum Gasteiger partial charge on any atom is -0.314 e. The van der Waals surface area contributed by atoms with E-state index in [0.717, 1.165) is 38.6 Å². The first-order valence-electron chi connectivity index (χ1n) is 7.35. The summed E-state index contributed by atoms with van der Waals surface area (Å²) in [6.07, 6.45) is 5.64. The van der Waals surface area contributed by atoms with Crippen molar-refractivity contribution in [3.8, 4) is 0 Å². The lowest BCUT2D eigenvalue weighted by atomic mass is 10.0. The predicted octanol–water partition coefficient (Wildman–Crippen LogP) is 4.46. The fraction of sp³-hybridized carbons (Fsp3) is 0.625. The van der Waals surface area contributed by atoms with E-state index in [4.69, 9.17) is 0 Å². The summed E-state index contributed by atoms with van der Waals surface area (Å²) in [4.78, 5) is 0. The normalized spacial score (nSPS) is 12.6. The van der Waals surface area contributed by atoms with E-state index in [1.807, 2.05) is 0 Å². The van der Waals surface area contributed by atoms with Crippen LogP contribution in [0.1, 0.15) is 51.5 Å². The molecule has 19 heavy (non-hydrogen) atoms. The Labute approximate surface area is 115 Å². The molecule has 0 radical (unpaired) electrons. The maximum absolute atomic E-state index is 13.5. The number of benzene rings is 1. The van der Waals surface area contributed by atoms with Gasteiger partial charge in [-0.15, -0.1) is 0 Å². The Hall–Kier alpha value is -0.960. The number of nitrogens with one attached hydrogen (secondary N) is 1. The van der Waals surface area contributed by atoms with Crippen LogP contribution in [0.25, 0.3) is 0 Å². The van der Waals surface area contributed by atoms with Gasteiger partial charge in [0, 0.05) is 11.6 Å². The van der Waals surface area contributed by atoms with E-state index in [1.54, 1.807) is 0 Å². The molecule has 0 aromatic heterocycles. The molecule has 1 N–H and O–H groups in total. The first-order valence-corrected chi connectivity index (χ1v) is 7.35. The minimum atomic E-state index is -0.423. The zero-order valence-electron chi connectivity index (χ0n) is 12.0. The predicted molar refractivity (Wildman–Crippen MR) is 76.3 cm³/mol. The van der Waals surface area contributed by atoms with E-state index in [1.165, 1.54) is 18.2 Å². The van der Waals surface area contributed by atoms with Gasteiger partial charge in [0.15, 0.2) is 0 Å². The lowest BCUT2D eigenvalue weighted by Crippen LogP contribution is -2.29. The standard InChI is InChI=1S/C16H25F2N/c1-3-7-13(19-12-4-2)8-5-9-14-15(17)10-6-11-16(14)18/h6,10-11,13,19H,3-5,7-9,12H2,1-2H3. The summed E-state index contributed by atoms with van der Waals surface area (Å²) in [5.74, 6) is -0.845. The Bertz CT molecular complexity index is 346. The van der Waals surface area contributed by atoms with Crippen LogP contribution in [0.3, 0.4) is 0 Å². The van der Waals surface area contributed by atoms with Crippen LogP contribution in [0, 0.1) is 11.6 Å². The topological polar surface area (TPSA) is 12.0 Å². The summed E-state index contributed by atoms with van der Waals surface area (Å²) in [5.41, 5.74) is 0.230. The van der Waals surface area contributed by atoms with Gasteiger partial charge in [0.1, 0.15) is 11.6 Å². The smallest absolute Gasteiger partial charge is 0.129 e. The highest BCUT2D eigenvalue weighted by molar-refractivity contribution is 5.19. The highest BCUT2D eigenvalue weighted by atomic mass is 19.1. The molecule has 1 rings (SSSR count). The molecule has 0 saturated carbocycles. The summed E-state index contributed by atoms with van der Waals surface area (Å²) in [6, 6.07) is 4.55. The average molecular weight is 269 g/mol. The SMILES string of the molecule is CCCNC(CCC)CCCc1c(F)cccc1F. The third-order valence-electron chi connectivity index (χ3n) is 3.36. The molecule has 1 aromatic carbocycles. The minimum absolute atomic E-state index is 0.230. The lowest BCUT2D eigenvalue weighted by Gasteiger charge is -2.17. The van der Waals surface area contributed by atoms with Gasteiger partial charge in [-0.25, -0.2) is 8.78 Å². The molecule has 1 atom stereocenters. The van der Waals surface area contributed by atoms with Crippen molar-refractivity contribution in [3.05, 3.63) is 35.4 Å². The number of hydrogen-bond donors (Lipinski definition) is 1. The molecule has 108 valence electrons. The van der Waals surface area contributed by atoms with Gasteiger partial charge in [0.25, 0.3) is 0 Å². The van der Waals surface area contributed by atoms with Gasteiger partial charge in [-0.05, 0) is 50.8 Å². The molecule has 1 aromatic rings. The quantitative estimate of drug-likeness (QED) is 0.698. The molecule has 0 aliphatic carbocycles. The van der Waals surface area contributed by atoms with E-state index < -0.39 is 11.6 Å². The summed E-state index contributed by atoms with van der Waals surface area (Å²) in [6.45, 7) is 5.32. The van der Waals surface area contributed by atoms with Crippen molar-refractivity contribution in [2.24, 2.45) is 0 Å². The van der Waals surface area contributed by atoms with Crippen LogP contribution in [0.5, 0.6) is 0 Å². The Morgan fingerprint density at radius 1 is 1.05 bits per heavy atom. The molecule has 0 amide bonds. The summed E-state index contributed by atoms with van der Waals surface area (Å²) in [7, 11) is 0. The molecular weight excluding hydrogens is 244 g/mol. The molecule has 1 unspecified atom stereocenters. The van der Waals surface area contributed by atoms with Gasteiger partial charge in [0.05, 0.1) is 0 Å². The highest BCUT2D eigenvalue weighted by Gasteiger charge is 2.10. The van der Waals surface area contributed by atoms with E-state index >= 15 is 0 Å². The molecule has 0 aliphatic rings. The second-order valence-electron chi connectivity index (χ2n) is 5.03. The molecule has 0 bridgehead atoms. The van der Waals surface area contributed by atoms with Crippen molar-refractivity contribution in [1.82, 2.24) is 5.32 Å². The van der Waals surface area contributed by atoms with Gasteiger partial charge in [-0.1, -0.05) is 26.3 Å². The third kappa shape index (κ3) is 5.68. The monoisotopic (exact) mass is 269 g/mol. The van der Waals surface area contributed by atoms with Crippen LogP contribution < -0.4 is 5.32 Å². The molecule has 0 heterocycles. The Morgan fingerprint density at radius 2 is 1.74 bits per heavy atom. The Kier molecular flexibility index (Phi) is 7.65. The number of halogens is 2. The number of hydrogen-bond acceptors (Lipinski definition) is 1. The van der Waals surface area contributed by atoms with Crippen LogP contribution in [0.15, 0.2) is 18.2 Å². The third-order valence-corrected chi connectivity index (χ3v) is 3.36. The van der Waals surface area contributed by atoms with Crippen molar-refractivity contribution >= 4 is 0 Å². The zero-order valence-corrected chi connectivity index (χ0v) is 12.0. The van der Waals surface area contributed by atoms with Crippen LogP contribution >= 0.6 is 0 Å². The van der Waals surface area contributed by atoms with Crippen molar-refractivity contribution in [3.63, 3.8) is 0 Å². The lowest BCUT2D eigenvalue weighted by molar-refractivity contribution is 0.433. The summed E-state index contributed by atoms with van der Waals surface area (Å²) >= 11 is 0. The molecule has 3 heteroatoms. The van der Waals surface area contributed by atoms with E-state index in [9.17, 15) is 8.78 Å². The Balaban J connectivity index is 2.42. The summed E-state index contributed by atoms with van der Waals surface area (Å²) < 4.78 is 26.9. The fourth-order valence-electron chi connectivity index (χ4n) is 2.34. The van der Waals surface area contributed by atoms with Gasteiger partial charge in [-0.2, -0.15) is 0 Å². The van der Waals surface area contributed by atoms with Gasteiger partial charge in [-0.3, -0.25) is 0 Å². The Morgan fingerprint density at radius 3 is 2.32 bits per heavy atom. The van der Waals surface area contributed by atoms with Gasteiger partial charge < -0.3 is 5.32 Å². The van der Waals surface area contributed by atoms with E-state index in [2.05, 4.69) is 19.2 Å². The van der Waals surface area contributed by atoms with Crippen molar-refractivity contribution in [2.45, 2.75) is 58.4 Å². The summed E-state index contributed by atoms with van der Waals surface area (Å²) in [5, 5.41) is 3.50. The first-order chi connectivity index (χ1) is 9.19. The molecule has 1 nitrogen and oxygen atoms in total. The largest absolute Gasteiger partial charge is 0.314 e. The maximum Gasteiger partial charge on any atom is 0.129 e. The zero-order chi connectivity index (χ0) is 14.1. The van der Waals surface area contributed by atoms with Gasteiger partial charge in [0.2, 0.25) is 0 Å². The second-order valence-corrected chi connectivity index (χ2v) is 5.03. The van der Waals surface area contributed by atoms with Crippen molar-refractivity contribution < 1.29 is 8.78 Å². The second kappa shape index (κ2) is 9.03. The van der Waals surface area contributed by atoms with E-state index in [-0.39, 0.29) is 5.56 Å². The molecular formula is C16H25F2N. The van der Waals surface area contributed by atoms with E-state index in [0.29, 0.717) is 12.5 Å². The van der Waals surface area contributed by atoms with Crippen LogP contribution in [-0.2, 0) is 6.42 Å². The molecule has 0 fully saturated rings.